The molecule has 0 aromatic heterocycles. The van der Waals surface area contributed by atoms with Gasteiger partial charge in [0.05, 0.1) is 5.30 Å². The van der Waals surface area contributed by atoms with Crippen LogP contribution in [-0.4, -0.2) is 9.79 Å². The van der Waals surface area contributed by atoms with E-state index in [1.165, 1.54) is 6.07 Å². The lowest BCUT2D eigenvalue weighted by atomic mass is 10.2. The molecule has 0 radical (unpaired) electrons. The first-order valence-electron chi connectivity index (χ1n) is 4.84. The van der Waals surface area contributed by atoms with Gasteiger partial charge in [0.2, 0.25) is 0 Å². The Balaban J connectivity index is 2.44. The molecule has 1 aliphatic carbocycles. The summed E-state index contributed by atoms with van der Waals surface area (Å²) in [6, 6.07) is 4.41. The van der Waals surface area contributed by atoms with Crippen molar-refractivity contribution in [3.8, 4) is 11.8 Å². The van der Waals surface area contributed by atoms with Gasteiger partial charge in [-0.25, -0.2) is 0 Å². The Hall–Kier alpha value is -0.780. The first-order chi connectivity index (χ1) is 7.47. The van der Waals surface area contributed by atoms with Crippen LogP contribution in [0.5, 0.6) is 0 Å². The van der Waals surface area contributed by atoms with Crippen molar-refractivity contribution in [2.45, 2.75) is 12.8 Å². The molecule has 0 unspecified atom stereocenters. The van der Waals surface area contributed by atoms with Crippen molar-refractivity contribution in [2.24, 2.45) is 5.92 Å². The molecular weight excluding hydrogens is 247 g/mol. The second kappa shape index (κ2) is 4.24. The van der Waals surface area contributed by atoms with Gasteiger partial charge in [0.25, 0.3) is 0 Å². The first-order valence-corrected chi connectivity index (χ1v) is 6.83. The Labute approximate surface area is 98.6 Å². The van der Waals surface area contributed by atoms with Crippen LogP contribution < -0.4 is 5.30 Å². The minimum Gasteiger partial charge on any atom is -0.321 e. The topological polar surface area (TPSA) is 57.5 Å². The standard InChI is InChI=1S/C11H10ClO3P/c12-10-6-5-9(4-3-8-1-2-8)11(7-10)16(13,14)15/h5-8H,1-2H2,(H2,13,14,15). The van der Waals surface area contributed by atoms with Crippen molar-refractivity contribution in [3.05, 3.63) is 28.8 Å². The molecule has 1 saturated carbocycles. The van der Waals surface area contributed by atoms with E-state index in [2.05, 4.69) is 11.8 Å². The third kappa shape index (κ3) is 2.87. The number of benzene rings is 1. The zero-order valence-corrected chi connectivity index (χ0v) is 10.0. The van der Waals surface area contributed by atoms with Gasteiger partial charge in [0, 0.05) is 16.5 Å². The monoisotopic (exact) mass is 256 g/mol. The molecule has 0 saturated heterocycles. The average Bonchev–Trinajstić information content (AvgIpc) is 2.98. The molecular formula is C11H10ClO3P. The van der Waals surface area contributed by atoms with Gasteiger partial charge in [-0.2, -0.15) is 0 Å². The highest BCUT2D eigenvalue weighted by Gasteiger charge is 2.22. The Bertz CT molecular complexity index is 520. The molecule has 1 fully saturated rings. The van der Waals surface area contributed by atoms with Crippen molar-refractivity contribution in [1.29, 1.82) is 0 Å². The van der Waals surface area contributed by atoms with E-state index >= 15 is 0 Å². The van der Waals surface area contributed by atoms with Crippen LogP contribution in [0, 0.1) is 17.8 Å². The molecule has 0 aliphatic heterocycles. The average molecular weight is 257 g/mol. The lowest BCUT2D eigenvalue weighted by Crippen LogP contribution is -2.08. The summed E-state index contributed by atoms with van der Waals surface area (Å²) in [6.45, 7) is 0. The SMILES string of the molecule is O=P(O)(O)c1cc(Cl)ccc1C#CC1CC1. The second-order valence-corrected chi connectivity index (χ2v) is 5.76. The van der Waals surface area contributed by atoms with Crippen molar-refractivity contribution < 1.29 is 14.4 Å². The van der Waals surface area contributed by atoms with Crippen LogP contribution in [0.3, 0.4) is 0 Å². The number of hydrogen-bond donors (Lipinski definition) is 2. The van der Waals surface area contributed by atoms with E-state index in [4.69, 9.17) is 21.4 Å². The van der Waals surface area contributed by atoms with Gasteiger partial charge in [-0.15, -0.1) is 0 Å². The lowest BCUT2D eigenvalue weighted by Gasteiger charge is -2.06. The van der Waals surface area contributed by atoms with E-state index < -0.39 is 7.60 Å². The van der Waals surface area contributed by atoms with Crippen molar-refractivity contribution in [3.63, 3.8) is 0 Å². The summed E-state index contributed by atoms with van der Waals surface area (Å²) < 4.78 is 11.2. The Morgan fingerprint density at radius 3 is 2.62 bits per heavy atom. The third-order valence-corrected chi connectivity index (χ3v) is 3.49. The van der Waals surface area contributed by atoms with Crippen molar-refractivity contribution in [2.75, 3.05) is 0 Å². The quantitative estimate of drug-likeness (QED) is 0.596. The molecule has 1 aromatic rings. The Morgan fingerprint density at radius 1 is 1.38 bits per heavy atom. The fourth-order valence-electron chi connectivity index (χ4n) is 1.26. The molecule has 2 N–H and O–H groups in total. The van der Waals surface area contributed by atoms with Gasteiger partial charge in [0.15, 0.2) is 0 Å². The van der Waals surface area contributed by atoms with Gasteiger partial charge >= 0.3 is 7.60 Å². The molecule has 0 bridgehead atoms. The van der Waals surface area contributed by atoms with Crippen LogP contribution in [0.2, 0.25) is 5.02 Å². The van der Waals surface area contributed by atoms with E-state index in [1.54, 1.807) is 12.1 Å². The summed E-state index contributed by atoms with van der Waals surface area (Å²) >= 11 is 5.71. The first kappa shape index (κ1) is 11.7. The molecule has 1 aromatic carbocycles. The molecule has 0 amide bonds. The van der Waals surface area contributed by atoms with Crippen molar-refractivity contribution in [1.82, 2.24) is 0 Å². The predicted octanol–water partition coefficient (Wildman–Crippen LogP) is 1.90. The molecule has 84 valence electrons. The van der Waals surface area contributed by atoms with Gasteiger partial charge in [0.1, 0.15) is 0 Å². The van der Waals surface area contributed by atoms with Crippen LogP contribution in [0.15, 0.2) is 18.2 Å². The minimum absolute atomic E-state index is 0.0897. The number of halogens is 1. The van der Waals surface area contributed by atoms with E-state index in [9.17, 15) is 4.57 Å². The smallest absolute Gasteiger partial charge is 0.321 e. The highest BCUT2D eigenvalue weighted by atomic mass is 35.5. The largest absolute Gasteiger partial charge is 0.357 e. The maximum Gasteiger partial charge on any atom is 0.357 e. The van der Waals surface area contributed by atoms with Crippen LogP contribution in [0.25, 0.3) is 0 Å². The summed E-state index contributed by atoms with van der Waals surface area (Å²) in [5.74, 6) is 6.17. The molecule has 2 rings (SSSR count). The van der Waals surface area contributed by atoms with E-state index in [0.717, 1.165) is 12.8 Å². The predicted molar refractivity (Wildman–Crippen MR) is 62.7 cm³/mol. The molecule has 1 aliphatic rings. The van der Waals surface area contributed by atoms with E-state index in [1.807, 2.05) is 0 Å². The van der Waals surface area contributed by atoms with Crippen molar-refractivity contribution >= 4 is 24.5 Å². The third-order valence-electron chi connectivity index (χ3n) is 2.26. The molecule has 0 heterocycles. The zero-order valence-electron chi connectivity index (χ0n) is 8.35. The molecule has 3 nitrogen and oxygen atoms in total. The highest BCUT2D eigenvalue weighted by Crippen LogP contribution is 2.35. The highest BCUT2D eigenvalue weighted by molar-refractivity contribution is 7.60. The molecule has 5 heteroatoms. The summed E-state index contributed by atoms with van der Waals surface area (Å²) in [6.07, 6.45) is 2.15. The van der Waals surface area contributed by atoms with Crippen LogP contribution in [-0.2, 0) is 4.57 Å². The minimum atomic E-state index is -4.31. The van der Waals surface area contributed by atoms with Crippen LogP contribution in [0.4, 0.5) is 0 Å². The summed E-state index contributed by atoms with van der Waals surface area (Å²) in [5, 5.41) is 0.212. The van der Waals surface area contributed by atoms with Gasteiger partial charge in [-0.3, -0.25) is 4.57 Å². The fraction of sp³-hybridized carbons (Fsp3) is 0.273. The fourth-order valence-corrected chi connectivity index (χ4v) is 2.26. The molecule has 0 atom stereocenters. The zero-order chi connectivity index (χ0) is 11.8. The maximum atomic E-state index is 11.2. The lowest BCUT2D eigenvalue weighted by molar-refractivity contribution is 0.387. The summed E-state index contributed by atoms with van der Waals surface area (Å²) in [5.41, 5.74) is 0.365. The maximum absolute atomic E-state index is 11.2. The van der Waals surface area contributed by atoms with Gasteiger partial charge in [-0.1, -0.05) is 23.4 Å². The van der Waals surface area contributed by atoms with E-state index in [-0.39, 0.29) is 5.30 Å². The Kier molecular flexibility index (Phi) is 3.10. The van der Waals surface area contributed by atoms with Gasteiger partial charge < -0.3 is 9.79 Å². The van der Waals surface area contributed by atoms with Crippen LogP contribution in [0.1, 0.15) is 18.4 Å². The normalized spacial score (nSPS) is 15.4. The number of hydrogen-bond acceptors (Lipinski definition) is 1. The molecule has 16 heavy (non-hydrogen) atoms. The van der Waals surface area contributed by atoms with Gasteiger partial charge in [-0.05, 0) is 31.0 Å². The molecule has 0 spiro atoms. The Morgan fingerprint density at radius 2 is 2.06 bits per heavy atom. The second-order valence-electron chi connectivity index (χ2n) is 3.75. The summed E-state index contributed by atoms with van der Waals surface area (Å²) in [7, 11) is -4.31. The van der Waals surface area contributed by atoms with E-state index in [0.29, 0.717) is 16.5 Å². The van der Waals surface area contributed by atoms with Crippen LogP contribution >= 0.6 is 19.2 Å². The number of rotatable bonds is 1. The summed E-state index contributed by atoms with van der Waals surface area (Å²) in [4.78, 5) is 18.3.